The monoisotopic (exact) mass is 226 g/mol. The van der Waals surface area contributed by atoms with Crippen LogP contribution in [-0.4, -0.2) is 17.4 Å². The molecule has 0 amide bonds. The molecule has 0 rings (SSSR count). The number of halogens is 3. The van der Waals surface area contributed by atoms with Crippen molar-refractivity contribution in [3.05, 3.63) is 0 Å². The van der Waals surface area contributed by atoms with Gasteiger partial charge in [-0.3, -0.25) is 0 Å². The molecule has 92 valence electrons. The normalized spacial score (nSPS) is 16.4. The van der Waals surface area contributed by atoms with E-state index >= 15 is 0 Å². The maximum atomic E-state index is 12.0. The van der Waals surface area contributed by atoms with Crippen molar-refractivity contribution in [2.45, 2.75) is 64.7 Å². The highest BCUT2D eigenvalue weighted by atomic mass is 19.4. The third-order valence-corrected chi connectivity index (χ3v) is 2.62. The summed E-state index contributed by atoms with van der Waals surface area (Å²) in [5, 5.41) is 9.27. The van der Waals surface area contributed by atoms with Gasteiger partial charge in [-0.25, -0.2) is 0 Å². The first-order valence-corrected chi connectivity index (χ1v) is 5.63. The Kier molecular flexibility index (Phi) is 6.98. The fourth-order valence-corrected chi connectivity index (χ4v) is 1.72. The zero-order valence-corrected chi connectivity index (χ0v) is 9.48. The van der Waals surface area contributed by atoms with Gasteiger partial charge in [0.1, 0.15) is 0 Å². The number of rotatable bonds is 7. The van der Waals surface area contributed by atoms with Crippen LogP contribution in [-0.2, 0) is 0 Å². The lowest BCUT2D eigenvalue weighted by atomic mass is 9.92. The number of alkyl halides is 3. The molecule has 0 saturated heterocycles. The highest BCUT2D eigenvalue weighted by Crippen LogP contribution is 2.26. The van der Waals surface area contributed by atoms with Crippen molar-refractivity contribution >= 4 is 0 Å². The average molecular weight is 226 g/mol. The van der Waals surface area contributed by atoms with Crippen LogP contribution in [0.2, 0.25) is 0 Å². The molecule has 0 radical (unpaired) electrons. The molecule has 1 nitrogen and oxygen atoms in total. The molecule has 15 heavy (non-hydrogen) atoms. The number of unbranched alkanes of at least 4 members (excludes halogenated alkanes) is 1. The second kappa shape index (κ2) is 7.09. The first kappa shape index (κ1) is 14.8. The van der Waals surface area contributed by atoms with Gasteiger partial charge in [0.2, 0.25) is 0 Å². The second-order valence-corrected chi connectivity index (χ2v) is 4.13. The van der Waals surface area contributed by atoms with Gasteiger partial charge < -0.3 is 5.11 Å². The van der Waals surface area contributed by atoms with Crippen molar-refractivity contribution in [2.75, 3.05) is 0 Å². The Morgan fingerprint density at radius 3 is 2.20 bits per heavy atom. The summed E-state index contributed by atoms with van der Waals surface area (Å²) in [5.41, 5.74) is 0. The van der Waals surface area contributed by atoms with Crippen molar-refractivity contribution in [1.29, 1.82) is 0 Å². The minimum Gasteiger partial charge on any atom is -0.393 e. The van der Waals surface area contributed by atoms with E-state index < -0.39 is 18.7 Å². The van der Waals surface area contributed by atoms with Crippen LogP contribution in [0.5, 0.6) is 0 Å². The van der Waals surface area contributed by atoms with Crippen LogP contribution in [0.4, 0.5) is 13.2 Å². The third-order valence-electron chi connectivity index (χ3n) is 2.62. The molecule has 4 heteroatoms. The van der Waals surface area contributed by atoms with Crippen molar-refractivity contribution in [3.8, 4) is 0 Å². The molecule has 0 aliphatic heterocycles. The van der Waals surface area contributed by atoms with Crippen LogP contribution in [0, 0.1) is 5.92 Å². The van der Waals surface area contributed by atoms with Gasteiger partial charge in [-0.2, -0.15) is 13.2 Å². The summed E-state index contributed by atoms with van der Waals surface area (Å²) >= 11 is 0. The fourth-order valence-electron chi connectivity index (χ4n) is 1.72. The van der Waals surface area contributed by atoms with E-state index in [1.807, 2.05) is 6.92 Å². The van der Waals surface area contributed by atoms with Crippen LogP contribution in [0.25, 0.3) is 0 Å². The first-order valence-electron chi connectivity index (χ1n) is 5.63. The van der Waals surface area contributed by atoms with Gasteiger partial charge >= 0.3 is 6.18 Å². The number of hydrogen-bond acceptors (Lipinski definition) is 1. The highest BCUT2D eigenvalue weighted by molar-refractivity contribution is 4.67. The van der Waals surface area contributed by atoms with Crippen molar-refractivity contribution in [3.63, 3.8) is 0 Å². The summed E-state index contributed by atoms with van der Waals surface area (Å²) in [6, 6.07) is 0. The molecule has 0 aromatic heterocycles. The van der Waals surface area contributed by atoms with Crippen molar-refractivity contribution < 1.29 is 18.3 Å². The van der Waals surface area contributed by atoms with Gasteiger partial charge in [-0.05, 0) is 12.3 Å². The van der Waals surface area contributed by atoms with E-state index in [9.17, 15) is 18.3 Å². The number of aliphatic hydroxyl groups is 1. The summed E-state index contributed by atoms with van der Waals surface area (Å²) in [5.74, 6) is 0.224. The maximum absolute atomic E-state index is 12.0. The molecular formula is C11H21F3O. The molecular weight excluding hydrogens is 205 g/mol. The van der Waals surface area contributed by atoms with E-state index in [1.165, 1.54) is 0 Å². The first-order chi connectivity index (χ1) is 6.89. The SMILES string of the molecule is CCCCC(CC)CC(O)CC(F)(F)F. The molecule has 0 bridgehead atoms. The van der Waals surface area contributed by atoms with Gasteiger partial charge in [-0.15, -0.1) is 0 Å². The van der Waals surface area contributed by atoms with Gasteiger partial charge in [0, 0.05) is 0 Å². The summed E-state index contributed by atoms with van der Waals surface area (Å²) in [4.78, 5) is 0. The smallest absolute Gasteiger partial charge is 0.391 e. The minimum atomic E-state index is -4.25. The zero-order chi connectivity index (χ0) is 11.9. The van der Waals surface area contributed by atoms with E-state index in [4.69, 9.17) is 0 Å². The maximum Gasteiger partial charge on any atom is 0.391 e. The van der Waals surface area contributed by atoms with Crippen molar-refractivity contribution in [2.24, 2.45) is 5.92 Å². The van der Waals surface area contributed by atoms with Crippen LogP contribution in [0.1, 0.15) is 52.4 Å². The van der Waals surface area contributed by atoms with Crippen LogP contribution < -0.4 is 0 Å². The Bertz CT molecular complexity index is 156. The van der Waals surface area contributed by atoms with Gasteiger partial charge in [0.15, 0.2) is 0 Å². The lowest BCUT2D eigenvalue weighted by Crippen LogP contribution is -2.22. The minimum absolute atomic E-state index is 0.224. The summed E-state index contributed by atoms with van der Waals surface area (Å²) in [7, 11) is 0. The molecule has 0 aromatic rings. The molecule has 0 aliphatic carbocycles. The molecule has 0 aromatic carbocycles. The van der Waals surface area contributed by atoms with E-state index in [2.05, 4.69) is 6.92 Å². The molecule has 2 atom stereocenters. The predicted octanol–water partition coefficient (Wildman–Crippen LogP) is 3.91. The molecule has 2 unspecified atom stereocenters. The fraction of sp³-hybridized carbons (Fsp3) is 1.00. The summed E-state index contributed by atoms with van der Waals surface area (Å²) < 4.78 is 35.9. The summed E-state index contributed by atoms with van der Waals surface area (Å²) in [6.07, 6.45) is -2.44. The highest BCUT2D eigenvalue weighted by Gasteiger charge is 2.31. The quantitative estimate of drug-likeness (QED) is 0.698. The number of hydrogen-bond donors (Lipinski definition) is 1. The van der Waals surface area contributed by atoms with E-state index in [1.54, 1.807) is 0 Å². The molecule has 0 spiro atoms. The van der Waals surface area contributed by atoms with E-state index in [-0.39, 0.29) is 12.3 Å². The Balaban J connectivity index is 3.85. The van der Waals surface area contributed by atoms with Gasteiger partial charge in [0.25, 0.3) is 0 Å². The van der Waals surface area contributed by atoms with Crippen LogP contribution in [0.3, 0.4) is 0 Å². The Morgan fingerprint density at radius 1 is 1.20 bits per heavy atom. The Labute approximate surface area is 89.7 Å². The molecule has 0 saturated carbocycles. The molecule has 0 fully saturated rings. The molecule has 0 aliphatic rings. The average Bonchev–Trinajstić information content (AvgIpc) is 2.09. The predicted molar refractivity (Wildman–Crippen MR) is 54.6 cm³/mol. The second-order valence-electron chi connectivity index (χ2n) is 4.13. The zero-order valence-electron chi connectivity index (χ0n) is 9.48. The molecule has 1 N–H and O–H groups in total. The van der Waals surface area contributed by atoms with Crippen molar-refractivity contribution in [1.82, 2.24) is 0 Å². The van der Waals surface area contributed by atoms with Crippen LogP contribution >= 0.6 is 0 Å². The summed E-state index contributed by atoms with van der Waals surface area (Å²) in [6.45, 7) is 4.01. The third kappa shape index (κ3) is 8.73. The van der Waals surface area contributed by atoms with E-state index in [0.29, 0.717) is 0 Å². The largest absolute Gasteiger partial charge is 0.393 e. The van der Waals surface area contributed by atoms with Crippen LogP contribution in [0.15, 0.2) is 0 Å². The topological polar surface area (TPSA) is 20.2 Å². The van der Waals surface area contributed by atoms with Gasteiger partial charge in [0.05, 0.1) is 12.5 Å². The Hall–Kier alpha value is -0.250. The Morgan fingerprint density at radius 2 is 1.80 bits per heavy atom. The standard InChI is InChI=1S/C11H21F3O/c1-3-5-6-9(4-2)7-10(15)8-11(12,13)14/h9-10,15H,3-8H2,1-2H3. The van der Waals surface area contributed by atoms with Gasteiger partial charge in [-0.1, -0.05) is 39.5 Å². The van der Waals surface area contributed by atoms with E-state index in [0.717, 1.165) is 25.7 Å². The molecule has 0 heterocycles. The lowest BCUT2D eigenvalue weighted by Gasteiger charge is -2.19. The number of aliphatic hydroxyl groups excluding tert-OH is 1. The lowest BCUT2D eigenvalue weighted by molar-refractivity contribution is -0.155.